The molecule has 0 N–H and O–H groups in total. The lowest BCUT2D eigenvalue weighted by molar-refractivity contribution is -0.136. The van der Waals surface area contributed by atoms with Crippen molar-refractivity contribution in [1.29, 1.82) is 0 Å². The molecule has 0 saturated carbocycles. The highest BCUT2D eigenvalue weighted by Crippen LogP contribution is 2.22. The van der Waals surface area contributed by atoms with Crippen LogP contribution in [0.3, 0.4) is 0 Å². The van der Waals surface area contributed by atoms with Gasteiger partial charge in [-0.1, -0.05) is 0 Å². The quantitative estimate of drug-likeness (QED) is 0.411. The summed E-state index contributed by atoms with van der Waals surface area (Å²) in [6, 6.07) is 6.86. The van der Waals surface area contributed by atoms with E-state index in [0.717, 1.165) is 3.79 Å². The number of ether oxygens (including phenoxy) is 1. The first-order chi connectivity index (χ1) is 9.54. The zero-order valence-electron chi connectivity index (χ0n) is 9.97. The van der Waals surface area contributed by atoms with Crippen molar-refractivity contribution in [1.82, 2.24) is 0 Å². The summed E-state index contributed by atoms with van der Waals surface area (Å²) in [5.74, 6) is -0.313. The third-order valence-electron chi connectivity index (χ3n) is 2.17. The number of hydrogen-bond donors (Lipinski definition) is 0. The fourth-order valence-corrected chi connectivity index (χ4v) is 2.92. The van der Waals surface area contributed by atoms with Crippen LogP contribution >= 0.6 is 43.2 Å². The molecule has 7 heteroatoms. The van der Waals surface area contributed by atoms with Crippen LogP contribution in [0.4, 0.5) is 0 Å². The molecule has 0 aliphatic carbocycles. The lowest BCUT2D eigenvalue weighted by Gasteiger charge is -1.98. The summed E-state index contributed by atoms with van der Waals surface area (Å²) >= 11 is 7.72. The molecule has 0 bridgehead atoms. The minimum absolute atomic E-state index is 0.233. The Morgan fingerprint density at radius 2 is 2.05 bits per heavy atom. The molecule has 2 aromatic rings. The molecule has 20 heavy (non-hydrogen) atoms. The zero-order chi connectivity index (χ0) is 14.5. The van der Waals surface area contributed by atoms with Crippen molar-refractivity contribution in [2.24, 2.45) is 0 Å². The van der Waals surface area contributed by atoms with Gasteiger partial charge in [-0.2, -0.15) is 0 Å². The van der Waals surface area contributed by atoms with Crippen molar-refractivity contribution in [2.45, 2.75) is 0 Å². The molecule has 104 valence electrons. The summed E-state index contributed by atoms with van der Waals surface area (Å²) in [5.41, 5.74) is 0. The van der Waals surface area contributed by atoms with E-state index in [9.17, 15) is 9.59 Å². The molecule has 0 spiro atoms. The Labute approximate surface area is 135 Å². The molecule has 0 amide bonds. The average Bonchev–Trinajstić information content (AvgIpc) is 3.02. The number of carbonyl (C=O) groups is 2. The molecule has 4 nitrogen and oxygen atoms in total. The molecule has 0 unspecified atom stereocenters. The summed E-state index contributed by atoms with van der Waals surface area (Å²) < 4.78 is 11.5. The number of carbonyl (C=O) groups excluding carboxylic acids is 2. The second-order valence-electron chi connectivity index (χ2n) is 3.61. The Kier molecular flexibility index (Phi) is 5.33. The third-order valence-corrected chi connectivity index (χ3v) is 4.26. The summed E-state index contributed by atoms with van der Waals surface area (Å²) in [5, 5.41) is 0. The number of esters is 1. The highest BCUT2D eigenvalue weighted by atomic mass is 79.9. The first-order valence-electron chi connectivity index (χ1n) is 5.43. The van der Waals surface area contributed by atoms with Gasteiger partial charge in [-0.15, -0.1) is 11.3 Å². The molecule has 0 aromatic carbocycles. The molecule has 0 saturated heterocycles. The number of furan rings is 1. The highest BCUT2D eigenvalue weighted by molar-refractivity contribution is 9.11. The van der Waals surface area contributed by atoms with Crippen LogP contribution in [-0.4, -0.2) is 18.4 Å². The van der Waals surface area contributed by atoms with E-state index in [1.165, 1.54) is 23.5 Å². The Morgan fingerprint density at radius 1 is 1.25 bits per heavy atom. The molecule has 0 aliphatic heterocycles. The number of ketones is 1. The third kappa shape index (κ3) is 4.43. The van der Waals surface area contributed by atoms with Gasteiger partial charge < -0.3 is 9.15 Å². The summed E-state index contributed by atoms with van der Waals surface area (Å²) in [4.78, 5) is 23.7. The Morgan fingerprint density at radius 3 is 2.65 bits per heavy atom. The van der Waals surface area contributed by atoms with E-state index in [-0.39, 0.29) is 12.4 Å². The first kappa shape index (κ1) is 15.2. The smallest absolute Gasteiger partial charge is 0.331 e. The van der Waals surface area contributed by atoms with E-state index in [1.54, 1.807) is 24.3 Å². The minimum atomic E-state index is -0.596. The van der Waals surface area contributed by atoms with Gasteiger partial charge in [0.2, 0.25) is 5.78 Å². The van der Waals surface area contributed by atoms with Crippen molar-refractivity contribution in [2.75, 3.05) is 6.61 Å². The zero-order valence-corrected chi connectivity index (χ0v) is 14.0. The fraction of sp³-hybridized carbons (Fsp3) is 0.0769. The van der Waals surface area contributed by atoms with Gasteiger partial charge in [0.25, 0.3) is 0 Å². The van der Waals surface area contributed by atoms with Crippen LogP contribution in [0.2, 0.25) is 0 Å². The van der Waals surface area contributed by atoms with Crippen LogP contribution in [0.5, 0.6) is 0 Å². The van der Waals surface area contributed by atoms with Crippen molar-refractivity contribution in [3.8, 4) is 0 Å². The number of hydrogen-bond acceptors (Lipinski definition) is 5. The maximum absolute atomic E-state index is 11.7. The second-order valence-corrected chi connectivity index (χ2v) is 6.85. The second kappa shape index (κ2) is 7.01. The Balaban J connectivity index is 1.83. The van der Waals surface area contributed by atoms with E-state index >= 15 is 0 Å². The Hall–Kier alpha value is -1.18. The predicted molar refractivity (Wildman–Crippen MR) is 82.8 cm³/mol. The summed E-state index contributed by atoms with van der Waals surface area (Å²) in [7, 11) is 0. The number of Topliss-reactive ketones (excluding diaryl/α,β-unsaturated/α-hetero) is 1. The van der Waals surface area contributed by atoms with Crippen LogP contribution < -0.4 is 0 Å². The number of thiophene rings is 1. The minimum Gasteiger partial charge on any atom is -0.454 e. The largest absolute Gasteiger partial charge is 0.454 e. The van der Waals surface area contributed by atoms with E-state index in [4.69, 9.17) is 9.15 Å². The number of halogens is 2. The lowest BCUT2D eigenvalue weighted by Crippen LogP contribution is -2.11. The SMILES string of the molecule is O=C(/C=C/c1ccc(Br)o1)OCC(=O)c1ccc(Br)s1. The number of rotatable bonds is 5. The topological polar surface area (TPSA) is 56.5 Å². The van der Waals surface area contributed by atoms with E-state index in [1.807, 2.05) is 0 Å². The van der Waals surface area contributed by atoms with Crippen molar-refractivity contribution >= 4 is 61.0 Å². The van der Waals surface area contributed by atoms with Crippen LogP contribution in [0.25, 0.3) is 6.08 Å². The summed E-state index contributed by atoms with van der Waals surface area (Å²) in [6.45, 7) is -0.280. The first-order valence-corrected chi connectivity index (χ1v) is 7.83. The maximum atomic E-state index is 11.7. The van der Waals surface area contributed by atoms with Gasteiger partial charge >= 0.3 is 5.97 Å². The van der Waals surface area contributed by atoms with Gasteiger partial charge in [0, 0.05) is 6.08 Å². The Bertz CT molecular complexity index is 657. The maximum Gasteiger partial charge on any atom is 0.331 e. The molecule has 2 rings (SSSR count). The van der Waals surface area contributed by atoms with Crippen LogP contribution in [0.1, 0.15) is 15.4 Å². The van der Waals surface area contributed by atoms with Crippen LogP contribution in [0, 0.1) is 0 Å². The highest BCUT2D eigenvalue weighted by Gasteiger charge is 2.10. The van der Waals surface area contributed by atoms with E-state index in [2.05, 4.69) is 31.9 Å². The van der Waals surface area contributed by atoms with Gasteiger partial charge in [-0.3, -0.25) is 4.79 Å². The summed E-state index contributed by atoms with van der Waals surface area (Å²) in [6.07, 6.45) is 2.68. The van der Waals surface area contributed by atoms with Crippen molar-refractivity contribution in [3.05, 3.63) is 49.4 Å². The molecular formula is C13H8Br2O4S. The van der Waals surface area contributed by atoms with E-state index in [0.29, 0.717) is 15.3 Å². The normalized spacial score (nSPS) is 10.9. The standard InChI is InChI=1S/C13H8Br2O4S/c14-11-4-1-8(19-11)2-6-13(17)18-7-9(16)10-3-5-12(15)20-10/h1-6H,7H2/b6-2+. The molecule has 2 heterocycles. The average molecular weight is 420 g/mol. The van der Waals surface area contributed by atoms with Gasteiger partial charge in [0.05, 0.1) is 8.66 Å². The van der Waals surface area contributed by atoms with Crippen LogP contribution in [-0.2, 0) is 9.53 Å². The molecule has 0 aliphatic rings. The molecule has 0 atom stereocenters. The van der Waals surface area contributed by atoms with Gasteiger partial charge in [-0.25, -0.2) is 4.79 Å². The van der Waals surface area contributed by atoms with Crippen molar-refractivity contribution in [3.63, 3.8) is 0 Å². The monoisotopic (exact) mass is 418 g/mol. The van der Waals surface area contributed by atoms with E-state index < -0.39 is 5.97 Å². The van der Waals surface area contributed by atoms with Crippen LogP contribution in [0.15, 0.2) is 43.2 Å². The van der Waals surface area contributed by atoms with Crippen molar-refractivity contribution < 1.29 is 18.7 Å². The molecule has 0 radical (unpaired) electrons. The molecular weight excluding hydrogens is 412 g/mol. The van der Waals surface area contributed by atoms with Gasteiger partial charge in [0.15, 0.2) is 11.3 Å². The van der Waals surface area contributed by atoms with Gasteiger partial charge in [0.1, 0.15) is 5.76 Å². The molecule has 0 fully saturated rings. The lowest BCUT2D eigenvalue weighted by atomic mass is 10.3. The molecule has 2 aromatic heterocycles. The van der Waals surface area contributed by atoms with Gasteiger partial charge in [-0.05, 0) is 62.2 Å². The fourth-order valence-electron chi connectivity index (χ4n) is 1.29. The predicted octanol–water partition coefficient (Wildman–Crippen LogP) is 4.31.